The molecule has 58 heavy (non-hydrogen) atoms. The average molecular weight is 816 g/mol. The number of ether oxygens (including phenoxy) is 2. The highest BCUT2D eigenvalue weighted by molar-refractivity contribution is 6.13. The van der Waals surface area contributed by atoms with Gasteiger partial charge in [-0.15, -0.1) is 0 Å². The molecule has 2 heterocycles. The van der Waals surface area contributed by atoms with E-state index in [9.17, 15) is 43.5 Å². The molecular weight excluding hydrogens is 758 g/mol. The van der Waals surface area contributed by atoms with Crippen LogP contribution < -0.4 is 32.3 Å². The molecule has 0 aliphatic carbocycles. The summed E-state index contributed by atoms with van der Waals surface area (Å²) >= 11 is 0. The Morgan fingerprint density at radius 3 is 2.05 bits per heavy atom. The van der Waals surface area contributed by atoms with Crippen LogP contribution in [0.25, 0.3) is 0 Å². The van der Waals surface area contributed by atoms with Gasteiger partial charge in [0.05, 0.1) is 26.4 Å². The van der Waals surface area contributed by atoms with Gasteiger partial charge in [0.2, 0.25) is 23.6 Å². The summed E-state index contributed by atoms with van der Waals surface area (Å²) in [6, 6.07) is 3.37. The second-order valence-corrected chi connectivity index (χ2v) is 14.2. The van der Waals surface area contributed by atoms with Crippen LogP contribution in [-0.2, 0) is 43.0 Å². The maximum atomic E-state index is 13.5. The highest BCUT2D eigenvalue weighted by atomic mass is 16.5. The van der Waals surface area contributed by atoms with Gasteiger partial charge in [-0.3, -0.25) is 38.5 Å². The first-order valence-electron chi connectivity index (χ1n) is 19.3. The fraction of sp³-hybridized carbons (Fsp3) is 0.579. The van der Waals surface area contributed by atoms with Crippen LogP contribution in [0.1, 0.15) is 51.2 Å². The number of urea groups is 1. The van der Waals surface area contributed by atoms with Crippen LogP contribution in [0.15, 0.2) is 36.4 Å². The maximum Gasteiger partial charge on any atom is 0.312 e. The van der Waals surface area contributed by atoms with Gasteiger partial charge in [0, 0.05) is 76.5 Å². The summed E-state index contributed by atoms with van der Waals surface area (Å²) in [5.41, 5.74) is 5.88. The molecular formula is C38H57N9O11. The van der Waals surface area contributed by atoms with Gasteiger partial charge in [0.15, 0.2) is 6.10 Å². The first-order valence-corrected chi connectivity index (χ1v) is 19.3. The topological polar surface area (TPSA) is 271 Å². The summed E-state index contributed by atoms with van der Waals surface area (Å²) < 4.78 is 10.9. The van der Waals surface area contributed by atoms with E-state index in [2.05, 4.69) is 31.5 Å². The Kier molecular flexibility index (Phi) is 19.7. The lowest BCUT2D eigenvalue weighted by Gasteiger charge is -2.33. The van der Waals surface area contributed by atoms with Gasteiger partial charge in [-0.05, 0) is 43.5 Å². The van der Waals surface area contributed by atoms with Crippen LogP contribution in [0.5, 0.6) is 0 Å². The Labute approximate surface area is 337 Å². The number of hydrogen-bond acceptors (Lipinski definition) is 12. The fourth-order valence-corrected chi connectivity index (χ4v) is 5.85. The fourth-order valence-electron chi connectivity index (χ4n) is 5.85. The lowest BCUT2D eigenvalue weighted by Crippen LogP contribution is -2.54. The number of nitrogens with zero attached hydrogens (tertiary/aromatic N) is 3. The Balaban J connectivity index is 1.41. The highest BCUT2D eigenvalue weighted by Gasteiger charge is 2.30. The van der Waals surface area contributed by atoms with E-state index in [-0.39, 0.29) is 77.1 Å². The molecule has 1 fully saturated rings. The first-order chi connectivity index (χ1) is 27.7. The van der Waals surface area contributed by atoms with Gasteiger partial charge in [-0.2, -0.15) is 0 Å². The Hall–Kier alpha value is -5.44. The van der Waals surface area contributed by atoms with Crippen LogP contribution in [0.3, 0.4) is 0 Å². The van der Waals surface area contributed by atoms with Crippen molar-refractivity contribution in [3.63, 3.8) is 0 Å². The predicted molar refractivity (Wildman–Crippen MR) is 209 cm³/mol. The van der Waals surface area contributed by atoms with E-state index in [0.717, 1.165) is 17.1 Å². The summed E-state index contributed by atoms with van der Waals surface area (Å²) in [6.45, 7) is 6.88. The smallest absolute Gasteiger partial charge is 0.312 e. The number of rotatable bonds is 24. The molecule has 0 saturated carbocycles. The van der Waals surface area contributed by atoms with E-state index < -0.39 is 59.7 Å². The van der Waals surface area contributed by atoms with E-state index in [1.807, 2.05) is 7.05 Å². The standard InChI is InChI=1S/C38H57N9O11/c1-25(2)33(44-30(49)13-21-57-23-24-58-22-15-40-29(48)12-16-47-31(50)10-11-32(47)51)36(54)43-28(5-4-14-41-38(39)56)35(53)42-27-8-6-26(7-9-27)34(52)37(55)46-19-17-45(3)18-20-46/h6-11,25,28,33-34,52H,4-5,12-24H2,1-3H3,(H,40,48)(H,42,53)(H,43,54)(H,44,49)(H3,39,41,56)/t28-,33?,34?/m0/s1. The molecule has 3 rings (SSSR count). The van der Waals surface area contributed by atoms with Gasteiger partial charge in [0.1, 0.15) is 12.1 Å². The summed E-state index contributed by atoms with van der Waals surface area (Å²) in [5, 5.41) is 23.9. The monoisotopic (exact) mass is 815 g/mol. The number of benzene rings is 1. The molecule has 3 atom stereocenters. The Bertz CT molecular complexity index is 1600. The zero-order valence-corrected chi connectivity index (χ0v) is 33.3. The molecule has 2 aliphatic heterocycles. The number of likely N-dealkylation sites (N-methyl/N-ethyl adjacent to an activating group) is 1. The second kappa shape index (κ2) is 24.4. The number of carbonyl (C=O) groups is 8. The lowest BCUT2D eigenvalue weighted by atomic mass is 10.0. The molecule has 8 N–H and O–H groups in total. The van der Waals surface area contributed by atoms with Crippen LogP contribution in [0.2, 0.25) is 0 Å². The van der Waals surface area contributed by atoms with E-state index in [1.165, 1.54) is 12.1 Å². The molecule has 20 heteroatoms. The summed E-state index contributed by atoms with van der Waals surface area (Å²) in [4.78, 5) is 103. The number of nitrogens with two attached hydrogens (primary N) is 1. The van der Waals surface area contributed by atoms with Crippen LogP contribution >= 0.6 is 0 Å². The number of amides is 9. The minimum atomic E-state index is -1.36. The number of primary amides is 1. The third-order valence-electron chi connectivity index (χ3n) is 9.29. The molecule has 2 unspecified atom stereocenters. The number of piperazine rings is 1. The quantitative estimate of drug-likeness (QED) is 0.0458. The van der Waals surface area contributed by atoms with E-state index >= 15 is 0 Å². The van der Waals surface area contributed by atoms with Crippen molar-refractivity contribution in [2.45, 2.75) is 57.7 Å². The molecule has 2 aliphatic rings. The molecule has 1 saturated heterocycles. The predicted octanol–water partition coefficient (Wildman–Crippen LogP) is -1.64. The number of nitrogens with one attached hydrogen (secondary N) is 5. The lowest BCUT2D eigenvalue weighted by molar-refractivity contribution is -0.142. The third kappa shape index (κ3) is 16.2. The van der Waals surface area contributed by atoms with Gasteiger partial charge >= 0.3 is 6.03 Å². The van der Waals surface area contributed by atoms with Crippen LogP contribution in [0, 0.1) is 5.92 Å². The largest absolute Gasteiger partial charge is 0.379 e. The van der Waals surface area contributed by atoms with Crippen molar-refractivity contribution in [3.8, 4) is 0 Å². The van der Waals surface area contributed by atoms with Crippen molar-refractivity contribution in [2.75, 3.05) is 84.6 Å². The number of carbonyl (C=O) groups excluding carboxylic acids is 8. The number of anilines is 1. The van der Waals surface area contributed by atoms with Crippen molar-refractivity contribution in [2.24, 2.45) is 11.7 Å². The third-order valence-corrected chi connectivity index (χ3v) is 9.29. The molecule has 0 spiro atoms. The van der Waals surface area contributed by atoms with Gasteiger partial charge < -0.3 is 56.7 Å². The van der Waals surface area contributed by atoms with E-state index in [1.54, 1.807) is 30.9 Å². The second-order valence-electron chi connectivity index (χ2n) is 14.2. The SMILES string of the molecule is CC(C)C(NC(=O)CCOCCOCCNC(=O)CCN1C(=O)C=CC1=O)C(=O)N[C@@H](CCCNC(N)=O)C(=O)Nc1ccc(C(O)C(=O)N2CCN(C)CC2)cc1. The van der Waals surface area contributed by atoms with Crippen LogP contribution in [-0.4, -0.2) is 159 Å². The number of aliphatic hydroxyl groups is 1. The van der Waals surface area contributed by atoms with Crippen molar-refractivity contribution in [1.29, 1.82) is 0 Å². The molecule has 0 aromatic heterocycles. The molecule has 9 amide bonds. The summed E-state index contributed by atoms with van der Waals surface area (Å²) in [6.07, 6.45) is 1.28. The highest BCUT2D eigenvalue weighted by Crippen LogP contribution is 2.20. The average Bonchev–Trinajstić information content (AvgIpc) is 3.51. The summed E-state index contributed by atoms with van der Waals surface area (Å²) in [5.74, 6) is -3.59. The number of hydrogen-bond donors (Lipinski definition) is 7. The van der Waals surface area contributed by atoms with Crippen LogP contribution in [0.4, 0.5) is 10.5 Å². The van der Waals surface area contributed by atoms with Crippen molar-refractivity contribution >= 4 is 53.1 Å². The Morgan fingerprint density at radius 2 is 1.43 bits per heavy atom. The minimum Gasteiger partial charge on any atom is -0.379 e. The maximum absolute atomic E-state index is 13.5. The van der Waals surface area contributed by atoms with E-state index in [0.29, 0.717) is 43.9 Å². The molecule has 1 aromatic carbocycles. The molecule has 0 bridgehead atoms. The molecule has 0 radical (unpaired) electrons. The normalized spacial score (nSPS) is 15.8. The molecule has 20 nitrogen and oxygen atoms in total. The number of imide groups is 1. The van der Waals surface area contributed by atoms with Crippen molar-refractivity contribution in [1.82, 2.24) is 36.0 Å². The van der Waals surface area contributed by atoms with Gasteiger partial charge in [0.25, 0.3) is 17.7 Å². The van der Waals surface area contributed by atoms with Gasteiger partial charge in [-0.1, -0.05) is 26.0 Å². The zero-order chi connectivity index (χ0) is 42.6. The Morgan fingerprint density at radius 1 is 0.793 bits per heavy atom. The van der Waals surface area contributed by atoms with Gasteiger partial charge in [-0.25, -0.2) is 4.79 Å². The minimum absolute atomic E-state index is 0.0100. The molecule has 320 valence electrons. The zero-order valence-electron chi connectivity index (χ0n) is 33.3. The first kappa shape index (κ1) is 46.9. The van der Waals surface area contributed by atoms with Crippen molar-refractivity contribution in [3.05, 3.63) is 42.0 Å². The molecule has 1 aromatic rings. The number of aliphatic hydroxyl groups excluding tert-OH is 1. The summed E-state index contributed by atoms with van der Waals surface area (Å²) in [7, 11) is 1.96. The van der Waals surface area contributed by atoms with Crippen molar-refractivity contribution < 1.29 is 52.9 Å². The van der Waals surface area contributed by atoms with E-state index in [4.69, 9.17) is 15.2 Å².